The molecule has 0 saturated heterocycles. The number of ether oxygens (including phenoxy) is 2. The van der Waals surface area contributed by atoms with Crippen LogP contribution in [-0.4, -0.2) is 40.1 Å². The summed E-state index contributed by atoms with van der Waals surface area (Å²) in [5.74, 6) is -0.279. The van der Waals surface area contributed by atoms with E-state index in [9.17, 15) is 18.0 Å². The number of nitrogens with zero attached hydrogens (tertiary/aromatic N) is 1. The number of para-hydroxylation sites is 2. The van der Waals surface area contributed by atoms with Crippen LogP contribution in [0.1, 0.15) is 17.5 Å². The molecule has 0 radical (unpaired) electrons. The van der Waals surface area contributed by atoms with E-state index in [0.717, 1.165) is 11.1 Å². The van der Waals surface area contributed by atoms with Crippen LogP contribution in [0, 0.1) is 6.92 Å². The number of nitrogens with one attached hydrogen (secondary N) is 1. The summed E-state index contributed by atoms with van der Waals surface area (Å²) in [7, 11) is -2.45. The average molecular weight is 495 g/mol. The second-order valence-electron chi connectivity index (χ2n) is 8.22. The summed E-state index contributed by atoms with van der Waals surface area (Å²) in [6, 6.07) is 20.6. The van der Waals surface area contributed by atoms with Crippen molar-refractivity contribution < 1.29 is 27.5 Å². The zero-order valence-corrected chi connectivity index (χ0v) is 20.2. The van der Waals surface area contributed by atoms with Gasteiger partial charge in [-0.1, -0.05) is 42.0 Å². The summed E-state index contributed by atoms with van der Waals surface area (Å²) in [5, 5.41) is 0. The quantitative estimate of drug-likeness (QED) is 0.503. The summed E-state index contributed by atoms with van der Waals surface area (Å²) >= 11 is 0. The Morgan fingerprint density at radius 1 is 1.03 bits per heavy atom. The van der Waals surface area contributed by atoms with Crippen molar-refractivity contribution in [1.82, 2.24) is 0 Å². The van der Waals surface area contributed by atoms with Gasteiger partial charge >= 0.3 is 5.97 Å². The third-order valence-corrected chi connectivity index (χ3v) is 7.10. The Morgan fingerprint density at radius 2 is 1.71 bits per heavy atom. The van der Waals surface area contributed by atoms with E-state index in [1.807, 2.05) is 19.1 Å². The van der Waals surface area contributed by atoms with Crippen molar-refractivity contribution in [3.8, 4) is 5.75 Å². The molecule has 0 saturated carbocycles. The second kappa shape index (κ2) is 10.2. The first-order valence-electron chi connectivity index (χ1n) is 11.1. The third kappa shape index (κ3) is 5.63. The largest absolute Gasteiger partial charge is 0.475 e. The molecule has 8 nitrogen and oxygen atoms in total. The number of sulfonamides is 1. The molecule has 1 heterocycles. The maximum Gasteiger partial charge on any atom is 0.348 e. The lowest BCUT2D eigenvalue weighted by atomic mass is 10.1. The Morgan fingerprint density at radius 3 is 2.40 bits per heavy atom. The molecule has 0 spiro atoms. The van der Waals surface area contributed by atoms with Crippen LogP contribution in [0.5, 0.6) is 5.75 Å². The van der Waals surface area contributed by atoms with Crippen molar-refractivity contribution in [2.45, 2.75) is 30.8 Å². The molecule has 0 unspecified atom stereocenters. The number of carbonyl (C=O) groups excluding carboxylic acids is 2. The normalized spacial score (nSPS) is 15.0. The number of methoxy groups -OCH3 is 1. The summed E-state index contributed by atoms with van der Waals surface area (Å²) in [6.45, 7) is 1.99. The van der Waals surface area contributed by atoms with Crippen LogP contribution in [0.25, 0.3) is 0 Å². The molecule has 1 N–H and O–H groups in total. The van der Waals surface area contributed by atoms with Crippen LogP contribution in [0.3, 0.4) is 0 Å². The first-order valence-corrected chi connectivity index (χ1v) is 12.6. The number of fused-ring (bicyclic) bond motifs is 1. The Hall–Kier alpha value is -3.85. The van der Waals surface area contributed by atoms with Gasteiger partial charge in [0.05, 0.1) is 24.2 Å². The van der Waals surface area contributed by atoms with E-state index in [1.165, 1.54) is 24.1 Å². The second-order valence-corrected chi connectivity index (χ2v) is 9.90. The third-order valence-electron chi connectivity index (χ3n) is 5.70. The van der Waals surface area contributed by atoms with Crippen LogP contribution < -0.4 is 14.4 Å². The molecule has 0 fully saturated rings. The highest BCUT2D eigenvalue weighted by atomic mass is 32.2. The summed E-state index contributed by atoms with van der Waals surface area (Å²) in [6.07, 6.45) is -0.313. The molecule has 0 aliphatic carbocycles. The molecule has 1 amide bonds. The Labute approximate surface area is 204 Å². The van der Waals surface area contributed by atoms with E-state index < -0.39 is 22.1 Å². The van der Waals surface area contributed by atoms with Crippen molar-refractivity contribution in [2.24, 2.45) is 0 Å². The van der Waals surface area contributed by atoms with Gasteiger partial charge < -0.3 is 14.4 Å². The van der Waals surface area contributed by atoms with Gasteiger partial charge in [0.1, 0.15) is 5.75 Å². The lowest BCUT2D eigenvalue weighted by Crippen LogP contribution is -2.47. The van der Waals surface area contributed by atoms with Crippen LogP contribution in [0.2, 0.25) is 0 Å². The van der Waals surface area contributed by atoms with Gasteiger partial charge in [-0.15, -0.1) is 0 Å². The topological polar surface area (TPSA) is 102 Å². The fourth-order valence-electron chi connectivity index (χ4n) is 3.78. The average Bonchev–Trinajstić information content (AvgIpc) is 2.87. The molecule has 35 heavy (non-hydrogen) atoms. The van der Waals surface area contributed by atoms with Gasteiger partial charge in [0.25, 0.3) is 10.0 Å². The fraction of sp³-hybridized carbons (Fsp3) is 0.231. The van der Waals surface area contributed by atoms with E-state index in [-0.39, 0.29) is 23.8 Å². The zero-order chi connectivity index (χ0) is 25.0. The maximum atomic E-state index is 13.1. The number of amides is 1. The van der Waals surface area contributed by atoms with Crippen molar-refractivity contribution in [1.29, 1.82) is 0 Å². The number of hydrogen-bond donors (Lipinski definition) is 1. The summed E-state index contributed by atoms with van der Waals surface area (Å²) in [5.41, 5.74) is 2.94. The molecule has 3 aromatic rings. The van der Waals surface area contributed by atoms with Gasteiger partial charge in [0.15, 0.2) is 0 Å². The van der Waals surface area contributed by atoms with Crippen LogP contribution in [0.4, 0.5) is 11.4 Å². The number of benzene rings is 3. The highest BCUT2D eigenvalue weighted by molar-refractivity contribution is 7.92. The van der Waals surface area contributed by atoms with Crippen LogP contribution in [0.15, 0.2) is 77.7 Å². The van der Waals surface area contributed by atoms with Gasteiger partial charge in [-0.2, -0.15) is 0 Å². The highest BCUT2D eigenvalue weighted by Crippen LogP contribution is 2.34. The predicted molar refractivity (Wildman–Crippen MR) is 132 cm³/mol. The van der Waals surface area contributed by atoms with Crippen molar-refractivity contribution in [3.05, 3.63) is 83.9 Å². The number of aryl methyl sites for hydroxylation is 2. The monoisotopic (exact) mass is 494 g/mol. The van der Waals surface area contributed by atoms with E-state index in [4.69, 9.17) is 9.47 Å². The number of carbonyl (C=O) groups is 2. The molecule has 1 aliphatic heterocycles. The van der Waals surface area contributed by atoms with E-state index in [2.05, 4.69) is 4.72 Å². The molecular formula is C26H26N2O6S. The first-order chi connectivity index (χ1) is 16.8. The minimum atomic E-state index is -3.72. The predicted octanol–water partition coefficient (Wildman–Crippen LogP) is 3.70. The lowest BCUT2D eigenvalue weighted by molar-refractivity contribution is -0.148. The van der Waals surface area contributed by atoms with E-state index in [0.29, 0.717) is 23.5 Å². The lowest BCUT2D eigenvalue weighted by Gasteiger charge is -2.33. The molecule has 4 rings (SSSR count). The van der Waals surface area contributed by atoms with Crippen LogP contribution in [-0.2, 0) is 30.8 Å². The number of hydrogen-bond acceptors (Lipinski definition) is 6. The standard InChI is InChI=1S/C26H26N2O6S/c1-18-7-12-20(13-8-18)27-35(31,32)21-14-9-19(10-15-21)11-16-25(29)28-17-24(26(30)33-2)34-23-6-4-3-5-22(23)28/h3-10,12-15,24,27H,11,16-17H2,1-2H3/t24-/m0/s1. The van der Waals surface area contributed by atoms with Crippen molar-refractivity contribution in [3.63, 3.8) is 0 Å². The number of rotatable bonds is 7. The van der Waals surface area contributed by atoms with E-state index >= 15 is 0 Å². The molecule has 0 bridgehead atoms. The molecule has 1 aliphatic rings. The minimum Gasteiger partial charge on any atom is -0.475 e. The van der Waals surface area contributed by atoms with Gasteiger partial charge in [-0.3, -0.25) is 9.52 Å². The SMILES string of the molecule is COC(=O)[C@@H]1CN(C(=O)CCc2ccc(S(=O)(=O)Nc3ccc(C)cc3)cc2)c2ccccc2O1. The minimum absolute atomic E-state index is 0.0599. The fourth-order valence-corrected chi connectivity index (χ4v) is 4.84. The van der Waals surface area contributed by atoms with E-state index in [1.54, 1.807) is 48.5 Å². The maximum absolute atomic E-state index is 13.1. The molecule has 1 atom stereocenters. The van der Waals surface area contributed by atoms with Crippen LogP contribution >= 0.6 is 0 Å². The summed E-state index contributed by atoms with van der Waals surface area (Å²) < 4.78 is 38.4. The Kier molecular flexibility index (Phi) is 7.07. The molecular weight excluding hydrogens is 468 g/mol. The first kappa shape index (κ1) is 24.3. The van der Waals surface area contributed by atoms with Crippen molar-refractivity contribution >= 4 is 33.3 Å². The van der Waals surface area contributed by atoms with Gasteiger partial charge in [-0.05, 0) is 55.3 Å². The summed E-state index contributed by atoms with van der Waals surface area (Å²) in [4.78, 5) is 26.8. The number of anilines is 2. The van der Waals surface area contributed by atoms with Gasteiger partial charge in [0.2, 0.25) is 12.0 Å². The Balaban J connectivity index is 1.42. The molecule has 9 heteroatoms. The zero-order valence-electron chi connectivity index (χ0n) is 19.4. The van der Waals surface area contributed by atoms with Crippen molar-refractivity contribution in [2.75, 3.05) is 23.3 Å². The molecule has 3 aromatic carbocycles. The number of esters is 1. The highest BCUT2D eigenvalue weighted by Gasteiger charge is 2.34. The molecule has 0 aromatic heterocycles. The van der Waals surface area contributed by atoms with Gasteiger partial charge in [0, 0.05) is 12.1 Å². The Bertz CT molecular complexity index is 1320. The smallest absolute Gasteiger partial charge is 0.348 e. The molecule has 182 valence electrons. The van der Waals surface area contributed by atoms with Gasteiger partial charge in [-0.25, -0.2) is 13.2 Å².